The van der Waals surface area contributed by atoms with Gasteiger partial charge < -0.3 is 14.5 Å². The van der Waals surface area contributed by atoms with Crippen molar-refractivity contribution in [3.63, 3.8) is 0 Å². The Kier molecular flexibility index (Phi) is 5.20. The molecule has 9 heteroatoms. The maximum absolute atomic E-state index is 13.6. The van der Waals surface area contributed by atoms with Crippen molar-refractivity contribution < 1.29 is 27.5 Å². The molecule has 0 aliphatic rings. The smallest absolute Gasteiger partial charge is 0.338 e. The van der Waals surface area contributed by atoms with Crippen LogP contribution in [0.15, 0.2) is 53.3 Å². The highest BCUT2D eigenvalue weighted by Gasteiger charge is 2.20. The molecule has 138 valence electrons. The van der Waals surface area contributed by atoms with Crippen LogP contribution in [-0.4, -0.2) is 28.2 Å². The first kappa shape index (κ1) is 18.2. The van der Waals surface area contributed by atoms with E-state index in [0.29, 0.717) is 17.5 Å². The lowest BCUT2D eigenvalue weighted by Gasteiger charge is -2.14. The summed E-state index contributed by atoms with van der Waals surface area (Å²) in [6.07, 6.45) is -0.0144. The number of esters is 1. The molecule has 0 bridgehead atoms. The van der Waals surface area contributed by atoms with Crippen LogP contribution in [0, 0.1) is 11.6 Å². The Bertz CT molecular complexity index is 959. The van der Waals surface area contributed by atoms with E-state index in [9.17, 15) is 18.4 Å². The largest absolute Gasteiger partial charge is 0.449 e. The molecule has 0 fully saturated rings. The number of nitrogens with zero attached hydrogens (tertiary/aromatic N) is 2. The average molecular weight is 373 g/mol. The fourth-order valence-electron chi connectivity index (χ4n) is 2.16. The molecular weight excluding hydrogens is 360 g/mol. The van der Waals surface area contributed by atoms with Gasteiger partial charge in [0.1, 0.15) is 11.6 Å². The maximum Gasteiger partial charge on any atom is 0.338 e. The Morgan fingerprint density at radius 2 is 1.89 bits per heavy atom. The highest BCUT2D eigenvalue weighted by Crippen LogP contribution is 2.18. The van der Waals surface area contributed by atoms with Crippen molar-refractivity contribution in [2.45, 2.75) is 13.0 Å². The highest BCUT2D eigenvalue weighted by molar-refractivity contribution is 5.97. The number of benzene rings is 2. The van der Waals surface area contributed by atoms with E-state index in [1.54, 1.807) is 12.1 Å². The second-order valence-corrected chi connectivity index (χ2v) is 5.48. The van der Waals surface area contributed by atoms with E-state index >= 15 is 0 Å². The summed E-state index contributed by atoms with van der Waals surface area (Å²) in [5, 5.41) is 9.54. The Morgan fingerprint density at radius 3 is 2.52 bits per heavy atom. The van der Waals surface area contributed by atoms with Gasteiger partial charge in [-0.2, -0.15) is 0 Å². The van der Waals surface area contributed by atoms with Gasteiger partial charge in [0.05, 0.1) is 11.3 Å². The molecule has 1 amide bonds. The van der Waals surface area contributed by atoms with Crippen LogP contribution in [0.5, 0.6) is 0 Å². The van der Waals surface area contributed by atoms with Crippen LogP contribution in [-0.2, 0) is 9.53 Å². The lowest BCUT2D eigenvalue weighted by atomic mass is 10.1. The third kappa shape index (κ3) is 4.32. The summed E-state index contributed by atoms with van der Waals surface area (Å²) in [7, 11) is 0. The Labute approximate surface area is 152 Å². The predicted octanol–water partition coefficient (Wildman–Crippen LogP) is 3.20. The molecule has 0 saturated carbocycles. The number of amides is 1. The number of carbonyl (C=O) groups is 2. The first-order valence-electron chi connectivity index (χ1n) is 7.77. The zero-order valence-electron chi connectivity index (χ0n) is 14.0. The lowest BCUT2D eigenvalue weighted by Crippen LogP contribution is -2.30. The number of aromatic nitrogens is 2. The molecule has 0 radical (unpaired) electrons. The maximum atomic E-state index is 13.6. The van der Waals surface area contributed by atoms with Gasteiger partial charge in [-0.3, -0.25) is 4.79 Å². The summed E-state index contributed by atoms with van der Waals surface area (Å²) in [4.78, 5) is 24.2. The van der Waals surface area contributed by atoms with E-state index in [-0.39, 0.29) is 11.3 Å². The number of halogens is 2. The fraction of sp³-hybridized carbons (Fsp3) is 0.111. The summed E-state index contributed by atoms with van der Waals surface area (Å²) in [6.45, 7) is 1.33. The molecule has 0 saturated heterocycles. The SMILES string of the molecule is C[C@@H](OC(=O)c1ccc(-c2nnco2)cc1)C(=O)Nc1ccc(F)cc1F. The minimum absolute atomic E-state index is 0.200. The Balaban J connectivity index is 1.62. The molecule has 3 rings (SSSR count). The van der Waals surface area contributed by atoms with Crippen LogP contribution in [0.3, 0.4) is 0 Å². The van der Waals surface area contributed by atoms with E-state index in [4.69, 9.17) is 9.15 Å². The Morgan fingerprint density at radius 1 is 1.15 bits per heavy atom. The van der Waals surface area contributed by atoms with Gasteiger partial charge in [-0.05, 0) is 43.3 Å². The molecule has 1 aromatic heterocycles. The number of hydrogen-bond acceptors (Lipinski definition) is 6. The topological polar surface area (TPSA) is 94.3 Å². The van der Waals surface area contributed by atoms with E-state index in [1.165, 1.54) is 25.5 Å². The number of ether oxygens (including phenoxy) is 1. The van der Waals surface area contributed by atoms with Crippen molar-refractivity contribution in [1.29, 1.82) is 0 Å². The highest BCUT2D eigenvalue weighted by atomic mass is 19.1. The van der Waals surface area contributed by atoms with Gasteiger partial charge in [0, 0.05) is 11.6 Å². The molecule has 1 N–H and O–H groups in total. The van der Waals surface area contributed by atoms with Crippen molar-refractivity contribution in [1.82, 2.24) is 10.2 Å². The van der Waals surface area contributed by atoms with Gasteiger partial charge in [0.2, 0.25) is 12.3 Å². The zero-order valence-corrected chi connectivity index (χ0v) is 14.0. The van der Waals surface area contributed by atoms with Gasteiger partial charge in [0.15, 0.2) is 6.10 Å². The van der Waals surface area contributed by atoms with Crippen molar-refractivity contribution in [3.8, 4) is 11.5 Å². The predicted molar refractivity (Wildman–Crippen MR) is 89.6 cm³/mol. The first-order chi connectivity index (χ1) is 12.9. The van der Waals surface area contributed by atoms with Gasteiger partial charge in [-0.15, -0.1) is 10.2 Å². The first-order valence-corrected chi connectivity index (χ1v) is 7.77. The molecule has 0 unspecified atom stereocenters. The van der Waals surface area contributed by atoms with Crippen LogP contribution in [0.4, 0.5) is 14.5 Å². The van der Waals surface area contributed by atoms with Crippen molar-refractivity contribution in [2.24, 2.45) is 0 Å². The van der Waals surface area contributed by atoms with E-state index in [0.717, 1.165) is 12.1 Å². The van der Waals surface area contributed by atoms with Crippen molar-refractivity contribution >= 4 is 17.6 Å². The van der Waals surface area contributed by atoms with Gasteiger partial charge >= 0.3 is 5.97 Å². The third-order valence-corrected chi connectivity index (χ3v) is 3.57. The number of carbonyl (C=O) groups excluding carboxylic acids is 2. The molecule has 0 aliphatic carbocycles. The van der Waals surface area contributed by atoms with Crippen molar-refractivity contribution in [2.75, 3.05) is 5.32 Å². The fourth-order valence-corrected chi connectivity index (χ4v) is 2.16. The monoisotopic (exact) mass is 373 g/mol. The zero-order chi connectivity index (χ0) is 19.4. The molecule has 0 aliphatic heterocycles. The second kappa shape index (κ2) is 7.73. The van der Waals surface area contributed by atoms with E-state index in [1.807, 2.05) is 0 Å². The molecule has 2 aromatic carbocycles. The molecule has 1 atom stereocenters. The molecule has 3 aromatic rings. The summed E-state index contributed by atoms with van der Waals surface area (Å²) in [5.74, 6) is -2.90. The number of anilines is 1. The molecule has 7 nitrogen and oxygen atoms in total. The molecule has 27 heavy (non-hydrogen) atoms. The van der Waals surface area contributed by atoms with Crippen LogP contribution < -0.4 is 5.32 Å². The van der Waals surface area contributed by atoms with Crippen LogP contribution >= 0.6 is 0 Å². The standard InChI is InChI=1S/C18H13F2N3O4/c1-10(16(24)22-15-7-6-13(19)8-14(15)20)27-18(25)12-4-2-11(3-5-12)17-23-21-9-26-17/h2-10H,1H3,(H,22,24)/t10-/m1/s1. The normalized spacial score (nSPS) is 11.7. The van der Waals surface area contributed by atoms with Gasteiger partial charge in [-0.25, -0.2) is 13.6 Å². The van der Waals surface area contributed by atoms with Gasteiger partial charge in [0.25, 0.3) is 5.91 Å². The Hall–Kier alpha value is -3.62. The van der Waals surface area contributed by atoms with Crippen LogP contribution in [0.2, 0.25) is 0 Å². The van der Waals surface area contributed by atoms with Gasteiger partial charge in [-0.1, -0.05) is 0 Å². The summed E-state index contributed by atoms with van der Waals surface area (Å²) >= 11 is 0. The quantitative estimate of drug-likeness (QED) is 0.690. The van der Waals surface area contributed by atoms with Crippen molar-refractivity contribution in [3.05, 3.63) is 66.1 Å². The average Bonchev–Trinajstić information content (AvgIpc) is 3.18. The lowest BCUT2D eigenvalue weighted by molar-refractivity contribution is -0.123. The van der Waals surface area contributed by atoms with E-state index < -0.39 is 29.6 Å². The molecule has 1 heterocycles. The molecule has 0 spiro atoms. The minimum Gasteiger partial charge on any atom is -0.449 e. The third-order valence-electron chi connectivity index (χ3n) is 3.57. The minimum atomic E-state index is -1.20. The summed E-state index contributed by atoms with van der Waals surface area (Å²) in [5.41, 5.74) is 0.598. The summed E-state index contributed by atoms with van der Waals surface area (Å²) < 4.78 is 36.6. The number of nitrogens with one attached hydrogen (secondary N) is 1. The number of hydrogen-bond donors (Lipinski definition) is 1. The molecular formula is C18H13F2N3O4. The number of rotatable bonds is 5. The van der Waals surface area contributed by atoms with E-state index in [2.05, 4.69) is 15.5 Å². The van der Waals surface area contributed by atoms with Crippen LogP contribution in [0.25, 0.3) is 11.5 Å². The summed E-state index contributed by atoms with van der Waals surface area (Å²) in [6, 6.07) is 8.84. The van der Waals surface area contributed by atoms with Crippen LogP contribution in [0.1, 0.15) is 17.3 Å². The second-order valence-electron chi connectivity index (χ2n) is 5.48.